The van der Waals surface area contributed by atoms with Crippen molar-refractivity contribution in [3.63, 3.8) is 0 Å². The molecule has 1 aliphatic rings. The van der Waals surface area contributed by atoms with E-state index >= 15 is 0 Å². The third kappa shape index (κ3) is 10.3. The zero-order chi connectivity index (χ0) is 22.8. The first kappa shape index (κ1) is 27.0. The molecule has 0 saturated heterocycles. The number of hydrogen-bond donors (Lipinski definition) is 0. The largest absolute Gasteiger partial charge is 0.462 e. The molecular weight excluding hydrogens is 376 g/mol. The molecule has 0 amide bonds. The van der Waals surface area contributed by atoms with Crippen molar-refractivity contribution in [2.24, 2.45) is 35.5 Å². The van der Waals surface area contributed by atoms with Crippen molar-refractivity contribution >= 4 is 11.9 Å². The van der Waals surface area contributed by atoms with E-state index in [1.165, 1.54) is 0 Å². The molecule has 1 fully saturated rings. The fourth-order valence-corrected chi connectivity index (χ4v) is 4.69. The van der Waals surface area contributed by atoms with Crippen LogP contribution in [0.5, 0.6) is 0 Å². The van der Waals surface area contributed by atoms with Gasteiger partial charge in [-0.25, -0.2) is 0 Å². The molecule has 0 bridgehead atoms. The second kappa shape index (κ2) is 13.4. The number of ether oxygens (including phenoxy) is 2. The van der Waals surface area contributed by atoms with Gasteiger partial charge in [-0.1, -0.05) is 68.2 Å². The molecule has 4 heteroatoms. The van der Waals surface area contributed by atoms with Crippen LogP contribution in [0, 0.1) is 35.5 Å². The van der Waals surface area contributed by atoms with Crippen LogP contribution >= 0.6 is 0 Å². The minimum absolute atomic E-state index is 0.0641. The molecule has 176 valence electrons. The topological polar surface area (TPSA) is 52.6 Å². The summed E-state index contributed by atoms with van der Waals surface area (Å²) in [5, 5.41) is 0. The van der Waals surface area contributed by atoms with E-state index in [1.807, 2.05) is 0 Å². The summed E-state index contributed by atoms with van der Waals surface area (Å²) >= 11 is 0. The Balaban J connectivity index is 2.83. The lowest BCUT2D eigenvalue weighted by Crippen LogP contribution is -2.38. The van der Waals surface area contributed by atoms with Gasteiger partial charge in [-0.05, 0) is 62.2 Å². The standard InChI is InChI=1S/C26H48O4/c1-17(2)13-21(14-18(3)4)29-25(27)23-11-9-10-12-24(23)26(28)30-22(15-19(5)6)16-20(7)8/h17-24H,9-16H2,1-8H3/t23-,24+. The lowest BCUT2D eigenvalue weighted by molar-refractivity contribution is -0.170. The summed E-state index contributed by atoms with van der Waals surface area (Å²) < 4.78 is 12.0. The first-order valence-electron chi connectivity index (χ1n) is 12.4. The molecule has 0 heterocycles. The van der Waals surface area contributed by atoms with Crippen molar-refractivity contribution in [3.05, 3.63) is 0 Å². The second-order valence-corrected chi connectivity index (χ2v) is 11.1. The van der Waals surface area contributed by atoms with Crippen molar-refractivity contribution in [1.82, 2.24) is 0 Å². The molecule has 30 heavy (non-hydrogen) atoms. The maximum atomic E-state index is 13.1. The first-order valence-corrected chi connectivity index (χ1v) is 12.4. The normalized spacial score (nSPS) is 20.1. The summed E-state index contributed by atoms with van der Waals surface area (Å²) in [6, 6.07) is 0. The van der Waals surface area contributed by atoms with Crippen molar-refractivity contribution in [1.29, 1.82) is 0 Å². The lowest BCUT2D eigenvalue weighted by Gasteiger charge is -2.32. The van der Waals surface area contributed by atoms with Gasteiger partial charge in [0, 0.05) is 0 Å². The van der Waals surface area contributed by atoms with Crippen LogP contribution in [0.3, 0.4) is 0 Å². The molecule has 1 aliphatic carbocycles. The molecule has 0 aromatic carbocycles. The molecule has 1 rings (SSSR count). The van der Waals surface area contributed by atoms with Crippen LogP contribution in [-0.4, -0.2) is 24.1 Å². The third-order valence-electron chi connectivity index (χ3n) is 5.87. The smallest absolute Gasteiger partial charge is 0.310 e. The van der Waals surface area contributed by atoms with E-state index in [-0.39, 0.29) is 36.0 Å². The summed E-state index contributed by atoms with van der Waals surface area (Å²) in [4.78, 5) is 26.2. The third-order valence-corrected chi connectivity index (χ3v) is 5.87. The van der Waals surface area contributed by atoms with Crippen LogP contribution in [0.25, 0.3) is 0 Å². The van der Waals surface area contributed by atoms with E-state index in [0.29, 0.717) is 23.7 Å². The fraction of sp³-hybridized carbons (Fsp3) is 0.923. The van der Waals surface area contributed by atoms with E-state index in [0.717, 1.165) is 51.4 Å². The molecule has 0 aromatic heterocycles. The van der Waals surface area contributed by atoms with E-state index in [2.05, 4.69) is 55.4 Å². The highest BCUT2D eigenvalue weighted by molar-refractivity contribution is 5.82. The van der Waals surface area contributed by atoms with E-state index < -0.39 is 0 Å². The maximum absolute atomic E-state index is 13.1. The number of esters is 2. The van der Waals surface area contributed by atoms with Gasteiger partial charge in [0.05, 0.1) is 11.8 Å². The Hall–Kier alpha value is -1.06. The van der Waals surface area contributed by atoms with Crippen LogP contribution in [0.1, 0.15) is 107 Å². The summed E-state index contributed by atoms with van der Waals surface area (Å²) in [6.45, 7) is 17.3. The molecule has 1 saturated carbocycles. The predicted molar refractivity (Wildman–Crippen MR) is 123 cm³/mol. The Morgan fingerprint density at radius 1 is 0.600 bits per heavy atom. The van der Waals surface area contributed by atoms with Gasteiger partial charge in [0.1, 0.15) is 12.2 Å². The molecule has 0 aromatic rings. The van der Waals surface area contributed by atoms with Crippen LogP contribution in [0.2, 0.25) is 0 Å². The van der Waals surface area contributed by atoms with Gasteiger partial charge in [0.25, 0.3) is 0 Å². The maximum Gasteiger partial charge on any atom is 0.310 e. The van der Waals surface area contributed by atoms with Crippen LogP contribution in [-0.2, 0) is 19.1 Å². The number of hydrogen-bond acceptors (Lipinski definition) is 4. The predicted octanol–water partition coefficient (Wildman–Crippen LogP) is 6.80. The average Bonchev–Trinajstić information content (AvgIpc) is 2.59. The zero-order valence-electron chi connectivity index (χ0n) is 20.9. The Bertz CT molecular complexity index is 443. The molecule has 0 aliphatic heterocycles. The quantitative estimate of drug-likeness (QED) is 0.323. The van der Waals surface area contributed by atoms with E-state index in [9.17, 15) is 9.59 Å². The lowest BCUT2D eigenvalue weighted by atomic mass is 9.79. The minimum atomic E-state index is -0.355. The highest BCUT2D eigenvalue weighted by Crippen LogP contribution is 2.34. The van der Waals surface area contributed by atoms with Gasteiger partial charge in [0.2, 0.25) is 0 Å². The summed E-state index contributed by atoms with van der Waals surface area (Å²) in [5.74, 6) is 0.809. The van der Waals surface area contributed by atoms with Gasteiger partial charge >= 0.3 is 11.9 Å². The fourth-order valence-electron chi connectivity index (χ4n) is 4.69. The summed E-state index contributed by atoms with van der Waals surface area (Å²) in [6.07, 6.45) is 6.77. The van der Waals surface area contributed by atoms with Crippen LogP contribution in [0.4, 0.5) is 0 Å². The summed E-state index contributed by atoms with van der Waals surface area (Å²) in [7, 11) is 0. The number of rotatable bonds is 12. The number of carbonyl (C=O) groups excluding carboxylic acids is 2. The molecular formula is C26H48O4. The van der Waals surface area contributed by atoms with Gasteiger partial charge < -0.3 is 9.47 Å². The van der Waals surface area contributed by atoms with Gasteiger partial charge in [0.15, 0.2) is 0 Å². The average molecular weight is 425 g/mol. The Morgan fingerprint density at radius 3 is 1.10 bits per heavy atom. The van der Waals surface area contributed by atoms with Crippen LogP contribution < -0.4 is 0 Å². The highest BCUT2D eigenvalue weighted by Gasteiger charge is 2.39. The van der Waals surface area contributed by atoms with Gasteiger partial charge in [-0.3, -0.25) is 9.59 Å². The van der Waals surface area contributed by atoms with E-state index in [4.69, 9.17) is 9.47 Å². The highest BCUT2D eigenvalue weighted by atomic mass is 16.6. The molecule has 0 unspecified atom stereocenters. The molecule has 0 spiro atoms. The minimum Gasteiger partial charge on any atom is -0.462 e. The zero-order valence-corrected chi connectivity index (χ0v) is 20.9. The Labute approximate surface area is 185 Å². The SMILES string of the molecule is CC(C)CC(CC(C)C)OC(=O)[C@H]1CCCC[C@H]1C(=O)OC(CC(C)C)CC(C)C. The van der Waals surface area contributed by atoms with Gasteiger partial charge in [-0.2, -0.15) is 0 Å². The molecule has 0 radical (unpaired) electrons. The number of carbonyl (C=O) groups is 2. The van der Waals surface area contributed by atoms with Crippen molar-refractivity contribution in [2.45, 2.75) is 119 Å². The Kier molecular flexibility index (Phi) is 12.0. The monoisotopic (exact) mass is 424 g/mol. The molecule has 4 nitrogen and oxygen atoms in total. The second-order valence-electron chi connectivity index (χ2n) is 11.1. The van der Waals surface area contributed by atoms with Crippen molar-refractivity contribution < 1.29 is 19.1 Å². The van der Waals surface area contributed by atoms with Crippen LogP contribution in [0.15, 0.2) is 0 Å². The first-order chi connectivity index (χ1) is 14.0. The summed E-state index contributed by atoms with van der Waals surface area (Å²) in [5.41, 5.74) is 0. The van der Waals surface area contributed by atoms with Gasteiger partial charge in [-0.15, -0.1) is 0 Å². The van der Waals surface area contributed by atoms with E-state index in [1.54, 1.807) is 0 Å². The molecule has 2 atom stereocenters. The molecule has 0 N–H and O–H groups in total. The van der Waals surface area contributed by atoms with Crippen molar-refractivity contribution in [3.8, 4) is 0 Å². The Morgan fingerprint density at radius 2 is 0.867 bits per heavy atom. The van der Waals surface area contributed by atoms with Crippen molar-refractivity contribution in [2.75, 3.05) is 0 Å².